The van der Waals surface area contributed by atoms with E-state index in [9.17, 15) is 9.69 Å². The highest BCUT2D eigenvalue weighted by Crippen LogP contribution is 2.33. The van der Waals surface area contributed by atoms with Crippen LogP contribution in [0, 0.1) is 0 Å². The standard InChI is InChI=1S/C14H14NO5P/c1-14(19-2,13(16)17)15-21(18)20-12-9-5-7-10-6-3-4-8-11(10)12/h3-9H,1-2H3,(H,16,17). The molecule has 2 aromatic rings. The average molecular weight is 307 g/mol. The van der Waals surface area contributed by atoms with Crippen LogP contribution in [-0.4, -0.2) is 23.9 Å². The number of hydrogen-bond acceptors (Lipinski definition) is 5. The van der Waals surface area contributed by atoms with E-state index in [1.165, 1.54) is 14.0 Å². The summed E-state index contributed by atoms with van der Waals surface area (Å²) in [4.78, 5) is 23.0. The molecule has 0 aliphatic carbocycles. The van der Waals surface area contributed by atoms with Crippen LogP contribution in [0.15, 0.2) is 47.2 Å². The molecular formula is C14H14NO5P. The maximum absolute atomic E-state index is 12.0. The van der Waals surface area contributed by atoms with E-state index in [4.69, 9.17) is 14.4 Å². The zero-order chi connectivity index (χ0) is 15.5. The van der Waals surface area contributed by atoms with Gasteiger partial charge in [0.15, 0.2) is 5.75 Å². The van der Waals surface area contributed by atoms with Gasteiger partial charge in [-0.25, -0.2) is 4.79 Å². The summed E-state index contributed by atoms with van der Waals surface area (Å²) in [6, 6.07) is 12.7. The van der Waals surface area contributed by atoms with Gasteiger partial charge in [-0.1, -0.05) is 36.4 Å². The molecule has 7 heteroatoms. The Bertz CT molecular complexity index is 697. The fourth-order valence-electron chi connectivity index (χ4n) is 1.71. The molecule has 0 saturated carbocycles. The van der Waals surface area contributed by atoms with E-state index in [2.05, 4.69) is 4.74 Å². The highest BCUT2D eigenvalue weighted by atomic mass is 31.1. The molecule has 0 aromatic heterocycles. The van der Waals surface area contributed by atoms with E-state index in [-0.39, 0.29) is 0 Å². The van der Waals surface area contributed by atoms with Crippen LogP contribution in [0.25, 0.3) is 10.8 Å². The average Bonchev–Trinajstić information content (AvgIpc) is 2.47. The fourth-order valence-corrected chi connectivity index (χ4v) is 2.55. The number of carboxylic acid groups (broad SMARTS) is 1. The topological polar surface area (TPSA) is 91.2 Å². The summed E-state index contributed by atoms with van der Waals surface area (Å²) in [7, 11) is -1.41. The Balaban J connectivity index is 2.34. The van der Waals surface area contributed by atoms with Gasteiger partial charge in [-0.05, 0) is 16.2 Å². The first-order chi connectivity index (χ1) is 9.96. The Morgan fingerprint density at radius 1 is 1.29 bits per heavy atom. The third kappa shape index (κ3) is 3.36. The molecular weight excluding hydrogens is 293 g/mol. The minimum atomic E-state index is -2.59. The number of methoxy groups -OCH3 is 1. The summed E-state index contributed by atoms with van der Waals surface area (Å²) in [5, 5.41) is 10.7. The summed E-state index contributed by atoms with van der Waals surface area (Å²) in [5.74, 6) is -0.961. The molecule has 0 bridgehead atoms. The third-order valence-electron chi connectivity index (χ3n) is 2.99. The highest BCUT2D eigenvalue weighted by molar-refractivity contribution is 7.34. The van der Waals surface area contributed by atoms with Crippen molar-refractivity contribution in [3.63, 3.8) is 0 Å². The SMILES string of the molecule is COC(C)(N=[P+]([O-])Oc1cccc2ccccc12)C(=O)O. The largest absolute Gasteiger partial charge is 0.575 e. The number of fused-ring (bicyclic) bond motifs is 1. The van der Waals surface area contributed by atoms with Crippen molar-refractivity contribution in [2.24, 2.45) is 4.74 Å². The molecule has 0 heterocycles. The van der Waals surface area contributed by atoms with Crippen LogP contribution in [0.1, 0.15) is 6.92 Å². The Kier molecular flexibility index (Phi) is 4.53. The van der Waals surface area contributed by atoms with Crippen LogP contribution < -0.4 is 9.42 Å². The molecule has 0 amide bonds. The molecule has 2 unspecified atom stereocenters. The van der Waals surface area contributed by atoms with Crippen LogP contribution in [0.2, 0.25) is 0 Å². The van der Waals surface area contributed by atoms with Crippen molar-refractivity contribution in [2.45, 2.75) is 12.6 Å². The smallest absolute Gasteiger partial charge is 0.398 e. The van der Waals surface area contributed by atoms with Gasteiger partial charge >= 0.3 is 14.1 Å². The summed E-state index contributed by atoms with van der Waals surface area (Å²) in [5.41, 5.74) is -1.90. The molecule has 0 saturated heterocycles. The van der Waals surface area contributed by atoms with Crippen molar-refractivity contribution in [3.05, 3.63) is 42.5 Å². The number of nitrogens with zero attached hydrogens (tertiary/aromatic N) is 1. The van der Waals surface area contributed by atoms with Gasteiger partial charge in [0.05, 0.1) is 0 Å². The van der Waals surface area contributed by atoms with Gasteiger partial charge in [0.2, 0.25) is 0 Å². The quantitative estimate of drug-likeness (QED) is 0.857. The second kappa shape index (κ2) is 6.18. The van der Waals surface area contributed by atoms with Crippen molar-refractivity contribution in [2.75, 3.05) is 7.11 Å². The molecule has 2 rings (SSSR count). The summed E-state index contributed by atoms with van der Waals surface area (Å²) in [6.07, 6.45) is 0. The van der Waals surface area contributed by atoms with Crippen LogP contribution in [-0.2, 0) is 9.53 Å². The molecule has 0 aliphatic heterocycles. The number of aliphatic carboxylic acids is 1. The number of carbonyl (C=O) groups is 1. The molecule has 0 spiro atoms. The normalized spacial score (nSPS) is 14.7. The Morgan fingerprint density at radius 3 is 2.62 bits per heavy atom. The first-order valence-electron chi connectivity index (χ1n) is 6.10. The van der Waals surface area contributed by atoms with Crippen LogP contribution >= 0.6 is 8.17 Å². The molecule has 21 heavy (non-hydrogen) atoms. The lowest BCUT2D eigenvalue weighted by atomic mass is 10.1. The monoisotopic (exact) mass is 307 g/mol. The van der Waals surface area contributed by atoms with E-state index in [0.717, 1.165) is 10.8 Å². The Morgan fingerprint density at radius 2 is 1.95 bits per heavy atom. The van der Waals surface area contributed by atoms with Crippen molar-refractivity contribution >= 4 is 24.9 Å². The van der Waals surface area contributed by atoms with Gasteiger partial charge in [0.1, 0.15) is 0 Å². The number of rotatable bonds is 5. The van der Waals surface area contributed by atoms with E-state index < -0.39 is 19.9 Å². The van der Waals surface area contributed by atoms with Gasteiger partial charge in [-0.2, -0.15) is 0 Å². The molecule has 0 aliphatic rings. The third-order valence-corrected chi connectivity index (χ3v) is 3.89. The number of ether oxygens (including phenoxy) is 1. The van der Waals surface area contributed by atoms with Crippen LogP contribution in [0.3, 0.4) is 0 Å². The zero-order valence-corrected chi connectivity index (χ0v) is 12.4. The number of carboxylic acids is 1. The zero-order valence-electron chi connectivity index (χ0n) is 11.5. The summed E-state index contributed by atoms with van der Waals surface area (Å²) < 4.78 is 13.6. The molecule has 0 radical (unpaired) electrons. The molecule has 6 nitrogen and oxygen atoms in total. The van der Waals surface area contributed by atoms with Crippen molar-refractivity contribution in [1.29, 1.82) is 0 Å². The molecule has 110 valence electrons. The summed E-state index contributed by atoms with van der Waals surface area (Å²) >= 11 is 0. The van der Waals surface area contributed by atoms with Crippen LogP contribution in [0.4, 0.5) is 0 Å². The molecule has 2 atom stereocenters. The second-order valence-electron chi connectivity index (χ2n) is 4.40. The maximum Gasteiger partial charge on any atom is 0.398 e. The number of benzene rings is 2. The van der Waals surface area contributed by atoms with E-state index in [1.54, 1.807) is 12.1 Å². The highest BCUT2D eigenvalue weighted by Gasteiger charge is 2.37. The molecule has 2 aromatic carbocycles. The van der Waals surface area contributed by atoms with Gasteiger partial charge < -0.3 is 14.7 Å². The predicted molar refractivity (Wildman–Crippen MR) is 77.0 cm³/mol. The van der Waals surface area contributed by atoms with E-state index in [0.29, 0.717) is 5.75 Å². The second-order valence-corrected chi connectivity index (χ2v) is 5.26. The van der Waals surface area contributed by atoms with Gasteiger partial charge in [-0.15, -0.1) is 0 Å². The maximum atomic E-state index is 12.0. The fraction of sp³-hybridized carbons (Fsp3) is 0.214. The minimum Gasteiger partial charge on any atom is -0.575 e. The van der Waals surface area contributed by atoms with Crippen molar-refractivity contribution in [1.82, 2.24) is 0 Å². The van der Waals surface area contributed by atoms with Crippen molar-refractivity contribution in [3.8, 4) is 5.75 Å². The lowest BCUT2D eigenvalue weighted by Gasteiger charge is -2.14. The summed E-state index contributed by atoms with van der Waals surface area (Å²) in [6.45, 7) is 1.20. The van der Waals surface area contributed by atoms with E-state index >= 15 is 0 Å². The molecule has 1 N–H and O–H groups in total. The lowest BCUT2D eigenvalue weighted by Crippen LogP contribution is -2.34. The number of hydrogen-bond donors (Lipinski definition) is 1. The van der Waals surface area contributed by atoms with Gasteiger partial charge in [0, 0.05) is 19.4 Å². The van der Waals surface area contributed by atoms with Gasteiger partial charge in [-0.3, -0.25) is 4.52 Å². The molecule has 0 fully saturated rings. The van der Waals surface area contributed by atoms with Crippen LogP contribution in [0.5, 0.6) is 5.75 Å². The van der Waals surface area contributed by atoms with E-state index in [1.807, 2.05) is 30.3 Å². The predicted octanol–water partition coefficient (Wildman–Crippen LogP) is 2.52. The van der Waals surface area contributed by atoms with Crippen molar-refractivity contribution < 1.29 is 24.1 Å². The Hall–Kier alpha value is -2.01. The first kappa shape index (κ1) is 15.4. The first-order valence-corrected chi connectivity index (χ1v) is 7.23. The Labute approximate surface area is 122 Å². The van der Waals surface area contributed by atoms with Gasteiger partial charge in [0.25, 0.3) is 5.72 Å². The lowest BCUT2D eigenvalue weighted by molar-refractivity contribution is -0.175. The minimum absolute atomic E-state index is 0.377.